The van der Waals surface area contributed by atoms with E-state index in [0.29, 0.717) is 0 Å². The SMILES string of the molecule is C[C@@H](c1ccc(Br)cc1)[C@H](N)C(=O)O. The maximum absolute atomic E-state index is 10.6. The molecule has 4 heteroatoms. The Morgan fingerprint density at radius 3 is 2.36 bits per heavy atom. The van der Waals surface area contributed by atoms with Crippen molar-refractivity contribution >= 4 is 21.9 Å². The zero-order chi connectivity index (χ0) is 10.7. The highest BCUT2D eigenvalue weighted by atomic mass is 79.9. The molecule has 0 aliphatic heterocycles. The molecule has 0 aliphatic carbocycles. The number of nitrogens with two attached hydrogens (primary N) is 1. The van der Waals surface area contributed by atoms with E-state index < -0.39 is 12.0 Å². The Balaban J connectivity index is 2.84. The van der Waals surface area contributed by atoms with Crippen molar-refractivity contribution < 1.29 is 9.90 Å². The Morgan fingerprint density at radius 1 is 1.43 bits per heavy atom. The van der Waals surface area contributed by atoms with E-state index >= 15 is 0 Å². The molecule has 0 saturated carbocycles. The van der Waals surface area contributed by atoms with E-state index in [1.807, 2.05) is 31.2 Å². The molecule has 1 aromatic rings. The lowest BCUT2D eigenvalue weighted by Crippen LogP contribution is -2.35. The highest BCUT2D eigenvalue weighted by Gasteiger charge is 2.20. The minimum atomic E-state index is -0.972. The first-order chi connectivity index (χ1) is 6.52. The van der Waals surface area contributed by atoms with Gasteiger partial charge < -0.3 is 10.8 Å². The molecule has 3 nitrogen and oxygen atoms in total. The van der Waals surface area contributed by atoms with Crippen molar-refractivity contribution in [2.75, 3.05) is 0 Å². The van der Waals surface area contributed by atoms with Crippen LogP contribution in [0.4, 0.5) is 0 Å². The quantitative estimate of drug-likeness (QED) is 0.871. The summed E-state index contributed by atoms with van der Waals surface area (Å²) in [6.45, 7) is 1.81. The average Bonchev–Trinajstić information content (AvgIpc) is 2.16. The van der Waals surface area contributed by atoms with Crippen LogP contribution in [0.2, 0.25) is 0 Å². The first kappa shape index (κ1) is 11.2. The van der Waals surface area contributed by atoms with Crippen molar-refractivity contribution in [3.05, 3.63) is 34.3 Å². The minimum absolute atomic E-state index is 0.180. The highest BCUT2D eigenvalue weighted by molar-refractivity contribution is 9.10. The molecule has 1 aromatic carbocycles. The molecule has 0 heterocycles. The molecule has 1 rings (SSSR count). The van der Waals surface area contributed by atoms with E-state index in [4.69, 9.17) is 10.8 Å². The summed E-state index contributed by atoms with van der Waals surface area (Å²) in [6.07, 6.45) is 0. The van der Waals surface area contributed by atoms with Gasteiger partial charge in [-0.1, -0.05) is 35.0 Å². The second-order valence-electron chi connectivity index (χ2n) is 3.20. The van der Waals surface area contributed by atoms with Crippen LogP contribution < -0.4 is 5.73 Å². The van der Waals surface area contributed by atoms with Crippen molar-refractivity contribution in [1.29, 1.82) is 0 Å². The fraction of sp³-hybridized carbons (Fsp3) is 0.300. The maximum Gasteiger partial charge on any atom is 0.321 e. The molecule has 3 N–H and O–H groups in total. The number of hydrogen-bond acceptors (Lipinski definition) is 2. The summed E-state index contributed by atoms with van der Waals surface area (Å²) >= 11 is 3.31. The maximum atomic E-state index is 10.6. The first-order valence-electron chi connectivity index (χ1n) is 4.26. The van der Waals surface area contributed by atoms with Gasteiger partial charge in [0.2, 0.25) is 0 Å². The smallest absolute Gasteiger partial charge is 0.321 e. The van der Waals surface area contributed by atoms with E-state index in [1.54, 1.807) is 0 Å². The van der Waals surface area contributed by atoms with Crippen LogP contribution in [0, 0.1) is 0 Å². The van der Waals surface area contributed by atoms with Gasteiger partial charge in [0, 0.05) is 10.4 Å². The zero-order valence-corrected chi connectivity index (χ0v) is 9.36. The normalized spacial score (nSPS) is 14.8. The molecule has 14 heavy (non-hydrogen) atoms. The Labute approximate surface area is 91.1 Å². The third-order valence-corrected chi connectivity index (χ3v) is 2.75. The number of halogens is 1. The Bertz CT molecular complexity index is 323. The Morgan fingerprint density at radius 2 is 1.93 bits per heavy atom. The van der Waals surface area contributed by atoms with Gasteiger partial charge in [-0.3, -0.25) is 4.79 Å². The monoisotopic (exact) mass is 257 g/mol. The summed E-state index contributed by atoms with van der Waals surface area (Å²) in [7, 11) is 0. The predicted molar refractivity (Wildman–Crippen MR) is 58.2 cm³/mol. The van der Waals surface area contributed by atoms with Gasteiger partial charge in [-0.2, -0.15) is 0 Å². The number of rotatable bonds is 3. The molecule has 0 saturated heterocycles. The van der Waals surface area contributed by atoms with Gasteiger partial charge in [-0.25, -0.2) is 0 Å². The van der Waals surface area contributed by atoms with Gasteiger partial charge in [0.15, 0.2) is 0 Å². The number of benzene rings is 1. The third kappa shape index (κ3) is 2.56. The van der Waals surface area contributed by atoms with Crippen LogP contribution in [0.5, 0.6) is 0 Å². The topological polar surface area (TPSA) is 63.3 Å². The van der Waals surface area contributed by atoms with Crippen molar-refractivity contribution in [1.82, 2.24) is 0 Å². The number of carboxylic acids is 1. The van der Waals surface area contributed by atoms with E-state index in [1.165, 1.54) is 0 Å². The van der Waals surface area contributed by atoms with Crippen molar-refractivity contribution in [2.24, 2.45) is 5.73 Å². The zero-order valence-electron chi connectivity index (χ0n) is 7.77. The second-order valence-corrected chi connectivity index (χ2v) is 4.12. The van der Waals surface area contributed by atoms with E-state index in [2.05, 4.69) is 15.9 Å². The molecule has 2 atom stereocenters. The van der Waals surface area contributed by atoms with Gasteiger partial charge in [0.05, 0.1) is 0 Å². The molecule has 0 amide bonds. The van der Waals surface area contributed by atoms with Crippen LogP contribution in [0.15, 0.2) is 28.7 Å². The summed E-state index contributed by atoms with van der Waals surface area (Å²) in [5.74, 6) is -1.15. The number of carboxylic acid groups (broad SMARTS) is 1. The van der Waals surface area contributed by atoms with Gasteiger partial charge in [0.1, 0.15) is 6.04 Å². The number of aliphatic carboxylic acids is 1. The molecule has 0 unspecified atom stereocenters. The van der Waals surface area contributed by atoms with Crippen LogP contribution in [0.1, 0.15) is 18.4 Å². The Kier molecular flexibility index (Phi) is 3.66. The summed E-state index contributed by atoms with van der Waals surface area (Å²) in [4.78, 5) is 10.6. The van der Waals surface area contributed by atoms with Crippen LogP contribution in [0.3, 0.4) is 0 Å². The Hall–Kier alpha value is -0.870. The minimum Gasteiger partial charge on any atom is -0.480 e. The lowest BCUT2D eigenvalue weighted by molar-refractivity contribution is -0.139. The van der Waals surface area contributed by atoms with Crippen molar-refractivity contribution in [3.8, 4) is 0 Å². The summed E-state index contributed by atoms with van der Waals surface area (Å²) in [6, 6.07) is 6.65. The van der Waals surface area contributed by atoms with E-state index in [0.717, 1.165) is 10.0 Å². The fourth-order valence-electron chi connectivity index (χ4n) is 1.19. The van der Waals surface area contributed by atoms with Crippen molar-refractivity contribution in [2.45, 2.75) is 18.9 Å². The second kappa shape index (κ2) is 4.57. The molecule has 0 spiro atoms. The molecular formula is C10H12BrNO2. The lowest BCUT2D eigenvalue weighted by Gasteiger charge is -2.16. The summed E-state index contributed by atoms with van der Waals surface area (Å²) in [5.41, 5.74) is 6.45. The summed E-state index contributed by atoms with van der Waals surface area (Å²) < 4.78 is 0.970. The van der Waals surface area contributed by atoms with Crippen LogP contribution >= 0.6 is 15.9 Å². The largest absolute Gasteiger partial charge is 0.480 e. The molecule has 0 aromatic heterocycles. The molecule has 0 radical (unpaired) electrons. The van der Waals surface area contributed by atoms with Gasteiger partial charge >= 0.3 is 5.97 Å². The molecule has 0 bridgehead atoms. The number of carbonyl (C=O) groups is 1. The molecule has 76 valence electrons. The van der Waals surface area contributed by atoms with Crippen LogP contribution in [-0.2, 0) is 4.79 Å². The first-order valence-corrected chi connectivity index (χ1v) is 5.05. The third-order valence-electron chi connectivity index (χ3n) is 2.22. The van der Waals surface area contributed by atoms with E-state index in [-0.39, 0.29) is 5.92 Å². The predicted octanol–water partition coefficient (Wildman–Crippen LogP) is 1.96. The van der Waals surface area contributed by atoms with Gasteiger partial charge in [-0.05, 0) is 17.7 Å². The van der Waals surface area contributed by atoms with Gasteiger partial charge in [0.25, 0.3) is 0 Å². The average molecular weight is 258 g/mol. The van der Waals surface area contributed by atoms with Crippen LogP contribution in [-0.4, -0.2) is 17.1 Å². The van der Waals surface area contributed by atoms with Crippen LogP contribution in [0.25, 0.3) is 0 Å². The molecule has 0 fully saturated rings. The van der Waals surface area contributed by atoms with Crippen molar-refractivity contribution in [3.63, 3.8) is 0 Å². The standard InChI is InChI=1S/C10H12BrNO2/c1-6(9(12)10(13)14)7-2-4-8(11)5-3-7/h2-6,9H,12H2,1H3,(H,13,14)/t6-,9-/m0/s1. The fourth-order valence-corrected chi connectivity index (χ4v) is 1.45. The summed E-state index contributed by atoms with van der Waals surface area (Å²) in [5, 5.41) is 8.73. The van der Waals surface area contributed by atoms with E-state index in [9.17, 15) is 4.79 Å². The number of hydrogen-bond donors (Lipinski definition) is 2. The lowest BCUT2D eigenvalue weighted by atomic mass is 9.94. The highest BCUT2D eigenvalue weighted by Crippen LogP contribution is 2.20. The molecular weight excluding hydrogens is 246 g/mol. The van der Waals surface area contributed by atoms with Gasteiger partial charge in [-0.15, -0.1) is 0 Å². The molecule has 0 aliphatic rings.